The Labute approximate surface area is 152 Å². The van der Waals surface area contributed by atoms with E-state index in [2.05, 4.69) is 5.32 Å². The summed E-state index contributed by atoms with van der Waals surface area (Å²) in [6.07, 6.45) is 1.77. The predicted molar refractivity (Wildman–Crippen MR) is 98.8 cm³/mol. The van der Waals surface area contributed by atoms with Crippen LogP contribution in [0.4, 0.5) is 10.5 Å². The van der Waals surface area contributed by atoms with E-state index in [0.29, 0.717) is 36.0 Å². The van der Waals surface area contributed by atoms with Crippen molar-refractivity contribution in [1.82, 2.24) is 4.90 Å². The molecular weight excluding hydrogens is 332 g/mol. The summed E-state index contributed by atoms with van der Waals surface area (Å²) in [7, 11) is 1.59. The third-order valence-corrected chi connectivity index (χ3v) is 4.62. The van der Waals surface area contributed by atoms with Crippen LogP contribution in [0.25, 0.3) is 0 Å². The highest BCUT2D eigenvalue weighted by Gasteiger charge is 2.26. The maximum absolute atomic E-state index is 12.4. The number of ether oxygens (including phenoxy) is 1. The van der Waals surface area contributed by atoms with E-state index in [1.807, 2.05) is 35.2 Å². The van der Waals surface area contributed by atoms with Crippen molar-refractivity contribution < 1.29 is 19.4 Å². The average Bonchev–Trinajstić information content (AvgIpc) is 3.11. The Morgan fingerprint density at radius 1 is 1.23 bits per heavy atom. The predicted octanol–water partition coefficient (Wildman–Crippen LogP) is 3.49. The molecule has 2 aromatic carbocycles. The molecule has 1 heterocycles. The number of carboxylic acids is 1. The SMILES string of the molecule is COc1cccc(NC(=O)N2CC[C@H](Cc3ccc(C(=O)O)cc3)C2)c1. The third-order valence-electron chi connectivity index (χ3n) is 4.62. The van der Waals surface area contributed by atoms with Crippen molar-refractivity contribution in [3.63, 3.8) is 0 Å². The number of anilines is 1. The van der Waals surface area contributed by atoms with E-state index in [9.17, 15) is 9.59 Å². The van der Waals surface area contributed by atoms with Crippen LogP contribution in [-0.2, 0) is 6.42 Å². The van der Waals surface area contributed by atoms with Gasteiger partial charge in [0.05, 0.1) is 12.7 Å². The van der Waals surface area contributed by atoms with Crippen LogP contribution < -0.4 is 10.1 Å². The van der Waals surface area contributed by atoms with Gasteiger partial charge in [-0.15, -0.1) is 0 Å². The van der Waals surface area contributed by atoms with E-state index in [-0.39, 0.29) is 6.03 Å². The van der Waals surface area contributed by atoms with Gasteiger partial charge in [0.1, 0.15) is 5.75 Å². The molecule has 0 spiro atoms. The molecule has 3 rings (SSSR count). The van der Waals surface area contributed by atoms with Gasteiger partial charge in [-0.05, 0) is 48.6 Å². The fourth-order valence-electron chi connectivity index (χ4n) is 3.20. The van der Waals surface area contributed by atoms with Crippen molar-refractivity contribution in [1.29, 1.82) is 0 Å². The maximum Gasteiger partial charge on any atom is 0.335 e. The topological polar surface area (TPSA) is 78.9 Å². The number of aromatic carboxylic acids is 1. The first-order chi connectivity index (χ1) is 12.5. The zero-order valence-corrected chi connectivity index (χ0v) is 14.6. The standard InChI is InChI=1S/C20H22N2O4/c1-26-18-4-2-3-17(12-18)21-20(25)22-10-9-15(13-22)11-14-5-7-16(8-6-14)19(23)24/h2-8,12,15H,9-11,13H2,1H3,(H,21,25)(H,23,24)/t15-/m1/s1. The second-order valence-corrected chi connectivity index (χ2v) is 6.47. The summed E-state index contributed by atoms with van der Waals surface area (Å²) in [5.74, 6) is 0.159. The number of hydrogen-bond acceptors (Lipinski definition) is 3. The zero-order valence-electron chi connectivity index (χ0n) is 14.6. The van der Waals surface area contributed by atoms with Gasteiger partial charge in [-0.25, -0.2) is 9.59 Å². The molecular formula is C20H22N2O4. The molecule has 1 saturated heterocycles. The molecule has 1 aliphatic heterocycles. The fourth-order valence-corrected chi connectivity index (χ4v) is 3.20. The number of amides is 2. The third kappa shape index (κ3) is 4.33. The minimum Gasteiger partial charge on any atom is -0.497 e. The molecule has 136 valence electrons. The average molecular weight is 354 g/mol. The van der Waals surface area contributed by atoms with Crippen LogP contribution >= 0.6 is 0 Å². The molecule has 2 N–H and O–H groups in total. The van der Waals surface area contributed by atoms with Gasteiger partial charge in [-0.3, -0.25) is 0 Å². The lowest BCUT2D eigenvalue weighted by atomic mass is 9.98. The second-order valence-electron chi connectivity index (χ2n) is 6.47. The lowest BCUT2D eigenvalue weighted by Gasteiger charge is -2.18. The van der Waals surface area contributed by atoms with Gasteiger partial charge in [0.15, 0.2) is 0 Å². The lowest BCUT2D eigenvalue weighted by molar-refractivity contribution is 0.0697. The number of carbonyl (C=O) groups excluding carboxylic acids is 1. The van der Waals surface area contributed by atoms with Crippen LogP contribution in [0.15, 0.2) is 48.5 Å². The summed E-state index contributed by atoms with van der Waals surface area (Å²) in [4.78, 5) is 25.2. The quantitative estimate of drug-likeness (QED) is 0.861. The van der Waals surface area contributed by atoms with Gasteiger partial charge >= 0.3 is 12.0 Å². The number of methoxy groups -OCH3 is 1. The van der Waals surface area contributed by atoms with Gasteiger partial charge in [0, 0.05) is 24.8 Å². The minimum atomic E-state index is -0.919. The molecule has 6 heteroatoms. The normalized spacial score (nSPS) is 16.3. The highest BCUT2D eigenvalue weighted by molar-refractivity contribution is 5.89. The van der Waals surface area contributed by atoms with Gasteiger partial charge in [-0.2, -0.15) is 0 Å². The number of carboxylic acid groups (broad SMARTS) is 1. The smallest absolute Gasteiger partial charge is 0.335 e. The monoisotopic (exact) mass is 354 g/mol. The number of nitrogens with zero attached hydrogens (tertiary/aromatic N) is 1. The van der Waals surface area contributed by atoms with Crippen molar-refractivity contribution in [3.8, 4) is 5.75 Å². The van der Waals surface area contributed by atoms with Crippen LogP contribution in [0, 0.1) is 5.92 Å². The molecule has 2 aromatic rings. The molecule has 1 fully saturated rings. The molecule has 0 aromatic heterocycles. The summed E-state index contributed by atoms with van der Waals surface area (Å²) in [5, 5.41) is 11.9. The van der Waals surface area contributed by atoms with Crippen molar-refractivity contribution in [2.75, 3.05) is 25.5 Å². The molecule has 0 unspecified atom stereocenters. The van der Waals surface area contributed by atoms with Gasteiger partial charge in [0.25, 0.3) is 0 Å². The first-order valence-electron chi connectivity index (χ1n) is 8.57. The maximum atomic E-state index is 12.4. The van der Waals surface area contributed by atoms with Crippen LogP contribution in [0.3, 0.4) is 0 Å². The molecule has 0 aliphatic carbocycles. The summed E-state index contributed by atoms with van der Waals surface area (Å²) >= 11 is 0. The number of rotatable bonds is 5. The Balaban J connectivity index is 1.54. The Morgan fingerprint density at radius 3 is 2.69 bits per heavy atom. The first kappa shape index (κ1) is 17.8. The summed E-state index contributed by atoms with van der Waals surface area (Å²) in [6.45, 7) is 1.41. The van der Waals surface area contributed by atoms with E-state index in [1.165, 1.54) is 0 Å². The summed E-state index contributed by atoms with van der Waals surface area (Å²) < 4.78 is 5.17. The minimum absolute atomic E-state index is 0.109. The number of urea groups is 1. The van der Waals surface area contributed by atoms with Crippen LogP contribution in [0.1, 0.15) is 22.3 Å². The molecule has 0 radical (unpaired) electrons. The Bertz CT molecular complexity index is 789. The van der Waals surface area contributed by atoms with E-state index in [0.717, 1.165) is 18.4 Å². The molecule has 0 saturated carbocycles. The number of hydrogen-bond donors (Lipinski definition) is 2. The van der Waals surface area contributed by atoms with Crippen molar-refractivity contribution >= 4 is 17.7 Å². The largest absolute Gasteiger partial charge is 0.497 e. The highest BCUT2D eigenvalue weighted by Crippen LogP contribution is 2.23. The van der Waals surface area contributed by atoms with E-state index in [1.54, 1.807) is 25.3 Å². The fraction of sp³-hybridized carbons (Fsp3) is 0.300. The molecule has 0 bridgehead atoms. The molecule has 1 atom stereocenters. The molecule has 2 amide bonds. The highest BCUT2D eigenvalue weighted by atomic mass is 16.5. The Kier molecular flexibility index (Phi) is 5.41. The number of nitrogens with one attached hydrogen (secondary N) is 1. The number of benzene rings is 2. The molecule has 1 aliphatic rings. The van der Waals surface area contributed by atoms with E-state index < -0.39 is 5.97 Å². The van der Waals surface area contributed by atoms with Crippen molar-refractivity contribution in [2.24, 2.45) is 5.92 Å². The van der Waals surface area contributed by atoms with Gasteiger partial charge < -0.3 is 20.1 Å². The van der Waals surface area contributed by atoms with Crippen LogP contribution in [0.5, 0.6) is 5.75 Å². The van der Waals surface area contributed by atoms with Crippen LogP contribution in [0.2, 0.25) is 0 Å². The van der Waals surface area contributed by atoms with Gasteiger partial charge in [-0.1, -0.05) is 18.2 Å². The molecule has 6 nitrogen and oxygen atoms in total. The van der Waals surface area contributed by atoms with E-state index in [4.69, 9.17) is 9.84 Å². The number of carbonyl (C=O) groups is 2. The summed E-state index contributed by atoms with van der Waals surface area (Å²) in [6, 6.07) is 14.1. The molecule has 26 heavy (non-hydrogen) atoms. The van der Waals surface area contributed by atoms with Crippen molar-refractivity contribution in [3.05, 3.63) is 59.7 Å². The summed E-state index contributed by atoms with van der Waals surface area (Å²) in [5.41, 5.74) is 2.09. The zero-order chi connectivity index (χ0) is 18.5. The first-order valence-corrected chi connectivity index (χ1v) is 8.57. The van der Waals surface area contributed by atoms with Crippen molar-refractivity contribution in [2.45, 2.75) is 12.8 Å². The van der Waals surface area contributed by atoms with E-state index >= 15 is 0 Å². The second kappa shape index (κ2) is 7.91. The Morgan fingerprint density at radius 2 is 2.00 bits per heavy atom. The number of likely N-dealkylation sites (tertiary alicyclic amines) is 1. The van der Waals surface area contributed by atoms with Crippen LogP contribution in [-0.4, -0.2) is 42.2 Å². The van der Waals surface area contributed by atoms with Gasteiger partial charge in [0.2, 0.25) is 0 Å². The Hall–Kier alpha value is -3.02. The lowest BCUT2D eigenvalue weighted by Crippen LogP contribution is -2.33.